The standard InChI is InChI=1S/C19H31NO3/c1-17(2,3)16(22)23-18(4,5)15(21)20-19-9-12-6-13(10-19)8-14(7-12)11-19/h12-14H,6-11H2,1-5H3,(H,20,21). The molecule has 4 bridgehead atoms. The highest BCUT2D eigenvalue weighted by molar-refractivity contribution is 5.88. The molecular formula is C19H31NO3. The molecule has 4 aliphatic rings. The number of carbonyl (C=O) groups excluding carboxylic acids is 2. The zero-order chi connectivity index (χ0) is 17.0. The van der Waals surface area contributed by atoms with Crippen molar-refractivity contribution >= 4 is 11.9 Å². The van der Waals surface area contributed by atoms with Gasteiger partial charge in [0, 0.05) is 5.54 Å². The Morgan fingerprint density at radius 1 is 0.913 bits per heavy atom. The zero-order valence-electron chi connectivity index (χ0n) is 15.2. The summed E-state index contributed by atoms with van der Waals surface area (Å²) in [6.45, 7) is 8.83. The molecule has 4 heteroatoms. The number of amides is 1. The van der Waals surface area contributed by atoms with E-state index in [9.17, 15) is 9.59 Å². The molecule has 1 amide bonds. The molecule has 4 saturated carbocycles. The number of esters is 1. The fourth-order valence-corrected chi connectivity index (χ4v) is 5.09. The highest BCUT2D eigenvalue weighted by Gasteiger charge is 2.52. The lowest BCUT2D eigenvalue weighted by Crippen LogP contribution is -2.63. The summed E-state index contributed by atoms with van der Waals surface area (Å²) in [5.74, 6) is 1.87. The average molecular weight is 321 g/mol. The Morgan fingerprint density at radius 3 is 1.74 bits per heavy atom. The second kappa shape index (κ2) is 5.22. The van der Waals surface area contributed by atoms with Gasteiger partial charge < -0.3 is 10.1 Å². The maximum absolute atomic E-state index is 12.8. The number of ether oxygens (including phenoxy) is 1. The molecule has 0 saturated heterocycles. The summed E-state index contributed by atoms with van der Waals surface area (Å²) < 4.78 is 5.53. The Balaban J connectivity index is 1.68. The molecule has 0 radical (unpaired) electrons. The molecule has 4 nitrogen and oxygen atoms in total. The van der Waals surface area contributed by atoms with Crippen molar-refractivity contribution < 1.29 is 14.3 Å². The first-order chi connectivity index (χ1) is 10.5. The van der Waals surface area contributed by atoms with Crippen LogP contribution in [0, 0.1) is 23.2 Å². The third kappa shape index (κ3) is 3.27. The first-order valence-electron chi connectivity index (χ1n) is 9.05. The van der Waals surface area contributed by atoms with Gasteiger partial charge >= 0.3 is 5.97 Å². The largest absolute Gasteiger partial charge is 0.449 e. The highest BCUT2D eigenvalue weighted by atomic mass is 16.6. The second-order valence-electron chi connectivity index (χ2n) is 9.80. The molecule has 1 N–H and O–H groups in total. The van der Waals surface area contributed by atoms with Gasteiger partial charge in [0.25, 0.3) is 5.91 Å². The maximum Gasteiger partial charge on any atom is 0.312 e. The summed E-state index contributed by atoms with van der Waals surface area (Å²) in [7, 11) is 0. The summed E-state index contributed by atoms with van der Waals surface area (Å²) in [4.78, 5) is 25.0. The molecule has 0 aromatic carbocycles. The van der Waals surface area contributed by atoms with Crippen molar-refractivity contribution in [2.45, 2.75) is 84.3 Å². The molecule has 0 spiro atoms. The van der Waals surface area contributed by atoms with Crippen molar-refractivity contribution in [2.24, 2.45) is 23.2 Å². The van der Waals surface area contributed by atoms with Crippen molar-refractivity contribution in [3.05, 3.63) is 0 Å². The van der Waals surface area contributed by atoms with Crippen LogP contribution >= 0.6 is 0 Å². The smallest absolute Gasteiger partial charge is 0.312 e. The van der Waals surface area contributed by atoms with Crippen LogP contribution in [0.25, 0.3) is 0 Å². The van der Waals surface area contributed by atoms with Gasteiger partial charge in [-0.3, -0.25) is 9.59 Å². The van der Waals surface area contributed by atoms with Crippen LogP contribution in [0.3, 0.4) is 0 Å². The first kappa shape index (κ1) is 16.8. The second-order valence-corrected chi connectivity index (χ2v) is 9.80. The normalized spacial score (nSPS) is 36.0. The van der Waals surface area contributed by atoms with Crippen LogP contribution in [0.5, 0.6) is 0 Å². The van der Waals surface area contributed by atoms with E-state index in [1.54, 1.807) is 13.8 Å². The molecule has 4 aliphatic carbocycles. The molecular weight excluding hydrogens is 290 g/mol. The van der Waals surface area contributed by atoms with Gasteiger partial charge in [0.05, 0.1) is 5.41 Å². The molecule has 0 atom stereocenters. The van der Waals surface area contributed by atoms with Gasteiger partial charge in [-0.1, -0.05) is 0 Å². The highest BCUT2D eigenvalue weighted by Crippen LogP contribution is 2.55. The van der Waals surface area contributed by atoms with Crippen LogP contribution in [0.4, 0.5) is 0 Å². The lowest BCUT2D eigenvalue weighted by Gasteiger charge is -2.57. The van der Waals surface area contributed by atoms with Gasteiger partial charge in [0.2, 0.25) is 0 Å². The number of rotatable bonds is 3. The third-order valence-electron chi connectivity index (χ3n) is 5.92. The van der Waals surface area contributed by atoms with E-state index >= 15 is 0 Å². The number of carbonyl (C=O) groups is 2. The van der Waals surface area contributed by atoms with Crippen molar-refractivity contribution in [3.63, 3.8) is 0 Å². The topological polar surface area (TPSA) is 55.4 Å². The molecule has 0 aromatic rings. The Bertz CT molecular complexity index is 480. The predicted molar refractivity (Wildman–Crippen MR) is 88.7 cm³/mol. The van der Waals surface area contributed by atoms with E-state index in [1.807, 2.05) is 20.8 Å². The van der Waals surface area contributed by atoms with Crippen molar-refractivity contribution in [2.75, 3.05) is 0 Å². The van der Waals surface area contributed by atoms with Crippen LogP contribution in [0.2, 0.25) is 0 Å². The first-order valence-corrected chi connectivity index (χ1v) is 9.05. The van der Waals surface area contributed by atoms with Gasteiger partial charge in [0.1, 0.15) is 0 Å². The summed E-state index contributed by atoms with van der Waals surface area (Å²) in [5, 5.41) is 3.31. The summed E-state index contributed by atoms with van der Waals surface area (Å²) >= 11 is 0. The van der Waals surface area contributed by atoms with Crippen LogP contribution in [0.15, 0.2) is 0 Å². The van der Waals surface area contributed by atoms with Gasteiger partial charge in [-0.05, 0) is 90.9 Å². The van der Waals surface area contributed by atoms with Gasteiger partial charge in [0.15, 0.2) is 5.60 Å². The summed E-state index contributed by atoms with van der Waals surface area (Å²) in [6.07, 6.45) is 7.35. The molecule has 0 aromatic heterocycles. The average Bonchev–Trinajstić information content (AvgIpc) is 2.34. The Kier molecular flexibility index (Phi) is 3.81. The minimum atomic E-state index is -1.12. The van der Waals surface area contributed by atoms with Crippen molar-refractivity contribution in [1.82, 2.24) is 5.32 Å². The molecule has 0 aliphatic heterocycles. The van der Waals surface area contributed by atoms with E-state index in [4.69, 9.17) is 4.74 Å². The van der Waals surface area contributed by atoms with Gasteiger partial charge in [-0.15, -0.1) is 0 Å². The van der Waals surface area contributed by atoms with E-state index in [2.05, 4.69) is 5.32 Å². The Hall–Kier alpha value is -1.06. The predicted octanol–water partition coefficient (Wildman–Crippen LogP) is 3.44. The quantitative estimate of drug-likeness (QED) is 0.810. The molecule has 0 unspecified atom stereocenters. The third-order valence-corrected chi connectivity index (χ3v) is 5.92. The lowest BCUT2D eigenvalue weighted by atomic mass is 9.53. The van der Waals surface area contributed by atoms with Crippen LogP contribution in [-0.4, -0.2) is 23.0 Å². The minimum absolute atomic E-state index is 0.0444. The minimum Gasteiger partial charge on any atom is -0.449 e. The van der Waals surface area contributed by atoms with Crippen LogP contribution in [0.1, 0.15) is 73.1 Å². The number of nitrogens with one attached hydrogen (secondary N) is 1. The number of hydrogen-bond acceptors (Lipinski definition) is 3. The molecule has 23 heavy (non-hydrogen) atoms. The van der Waals surface area contributed by atoms with E-state index in [-0.39, 0.29) is 17.4 Å². The van der Waals surface area contributed by atoms with E-state index in [0.29, 0.717) is 0 Å². The number of hydrogen-bond donors (Lipinski definition) is 1. The molecule has 4 fully saturated rings. The van der Waals surface area contributed by atoms with Gasteiger partial charge in [-0.25, -0.2) is 0 Å². The fourth-order valence-electron chi connectivity index (χ4n) is 5.09. The molecule has 130 valence electrons. The van der Waals surface area contributed by atoms with E-state index < -0.39 is 11.0 Å². The van der Waals surface area contributed by atoms with Crippen molar-refractivity contribution in [1.29, 1.82) is 0 Å². The monoisotopic (exact) mass is 321 g/mol. The van der Waals surface area contributed by atoms with Crippen LogP contribution in [-0.2, 0) is 14.3 Å². The molecule has 0 heterocycles. The Morgan fingerprint density at radius 2 is 1.35 bits per heavy atom. The zero-order valence-corrected chi connectivity index (χ0v) is 15.2. The van der Waals surface area contributed by atoms with Crippen molar-refractivity contribution in [3.8, 4) is 0 Å². The summed E-state index contributed by atoms with van der Waals surface area (Å²) in [6, 6.07) is 0. The van der Waals surface area contributed by atoms with Crippen LogP contribution < -0.4 is 5.32 Å². The fraction of sp³-hybridized carbons (Fsp3) is 0.895. The lowest BCUT2D eigenvalue weighted by molar-refractivity contribution is -0.174. The maximum atomic E-state index is 12.8. The van der Waals surface area contributed by atoms with E-state index in [1.165, 1.54) is 19.3 Å². The SMILES string of the molecule is CC(C)(C)C(=O)OC(C)(C)C(=O)NC12CC3CC(CC(C3)C1)C2. The summed E-state index contributed by atoms with van der Waals surface area (Å²) in [5.41, 5.74) is -1.76. The van der Waals surface area contributed by atoms with Gasteiger partial charge in [-0.2, -0.15) is 0 Å². The van der Waals surface area contributed by atoms with E-state index in [0.717, 1.165) is 37.0 Å². The Labute approximate surface area is 139 Å². The molecule has 4 rings (SSSR count).